The fourth-order valence-electron chi connectivity index (χ4n) is 3.74. The molecular formula is C28H23N3O4S. The van der Waals surface area contributed by atoms with Crippen molar-refractivity contribution in [1.29, 1.82) is 5.26 Å². The minimum atomic E-state index is -0.571. The minimum absolute atomic E-state index is 0.0328. The highest BCUT2D eigenvalue weighted by atomic mass is 32.1. The predicted octanol–water partition coefficient (Wildman–Crippen LogP) is 4.54. The van der Waals surface area contributed by atoms with Crippen LogP contribution >= 0.6 is 12.2 Å². The number of amides is 2. The van der Waals surface area contributed by atoms with Gasteiger partial charge in [-0.05, 0) is 66.2 Å². The molecule has 1 aliphatic heterocycles. The first-order chi connectivity index (χ1) is 17.4. The van der Waals surface area contributed by atoms with Crippen molar-refractivity contribution < 1.29 is 19.1 Å². The molecule has 36 heavy (non-hydrogen) atoms. The van der Waals surface area contributed by atoms with Gasteiger partial charge in [-0.1, -0.05) is 43.3 Å². The van der Waals surface area contributed by atoms with Gasteiger partial charge >= 0.3 is 0 Å². The van der Waals surface area contributed by atoms with Crippen LogP contribution in [0.3, 0.4) is 0 Å². The van der Waals surface area contributed by atoms with E-state index in [1.807, 2.05) is 31.2 Å². The Hall–Kier alpha value is -4.48. The zero-order chi connectivity index (χ0) is 25.7. The summed E-state index contributed by atoms with van der Waals surface area (Å²) in [4.78, 5) is 27.2. The van der Waals surface area contributed by atoms with E-state index < -0.39 is 11.8 Å². The molecule has 0 bridgehead atoms. The number of aryl methyl sites for hydroxylation is 1. The summed E-state index contributed by atoms with van der Waals surface area (Å²) >= 11 is 5.28. The Labute approximate surface area is 214 Å². The summed E-state index contributed by atoms with van der Waals surface area (Å²) in [7, 11) is 1.50. The van der Waals surface area contributed by atoms with E-state index in [9.17, 15) is 14.9 Å². The molecule has 1 N–H and O–H groups in total. The van der Waals surface area contributed by atoms with E-state index in [0.717, 1.165) is 17.5 Å². The smallest absolute Gasteiger partial charge is 0.270 e. The van der Waals surface area contributed by atoms with Crippen molar-refractivity contribution in [2.24, 2.45) is 0 Å². The number of ether oxygens (including phenoxy) is 2. The van der Waals surface area contributed by atoms with Crippen molar-refractivity contribution >= 4 is 40.9 Å². The fourth-order valence-corrected chi connectivity index (χ4v) is 4.02. The molecule has 0 atom stereocenters. The first-order valence-corrected chi connectivity index (χ1v) is 11.6. The number of benzene rings is 3. The van der Waals surface area contributed by atoms with E-state index in [1.54, 1.807) is 42.5 Å². The Morgan fingerprint density at radius 2 is 1.81 bits per heavy atom. The minimum Gasteiger partial charge on any atom is -0.493 e. The molecule has 1 heterocycles. The topological polar surface area (TPSA) is 91.7 Å². The number of hydrogen-bond acceptors (Lipinski definition) is 6. The molecule has 3 aromatic rings. The lowest BCUT2D eigenvalue weighted by atomic mass is 10.1. The second-order valence-electron chi connectivity index (χ2n) is 7.95. The van der Waals surface area contributed by atoms with Crippen molar-refractivity contribution in [2.45, 2.75) is 20.0 Å². The second kappa shape index (κ2) is 10.8. The molecular weight excluding hydrogens is 474 g/mol. The first kappa shape index (κ1) is 24.6. The van der Waals surface area contributed by atoms with Crippen LogP contribution in [-0.4, -0.2) is 24.0 Å². The quantitative estimate of drug-likeness (QED) is 0.293. The van der Waals surface area contributed by atoms with Gasteiger partial charge < -0.3 is 9.47 Å². The summed E-state index contributed by atoms with van der Waals surface area (Å²) in [6.45, 7) is 2.23. The summed E-state index contributed by atoms with van der Waals surface area (Å²) in [5.41, 5.74) is 3.50. The average Bonchev–Trinajstić information content (AvgIpc) is 2.90. The van der Waals surface area contributed by atoms with E-state index in [0.29, 0.717) is 28.3 Å². The second-order valence-corrected chi connectivity index (χ2v) is 8.33. The summed E-state index contributed by atoms with van der Waals surface area (Å²) < 4.78 is 11.4. The Bertz CT molecular complexity index is 1410. The number of nitrogens with one attached hydrogen (secondary N) is 1. The van der Waals surface area contributed by atoms with Crippen molar-refractivity contribution in [3.8, 4) is 17.6 Å². The molecule has 0 aromatic heterocycles. The summed E-state index contributed by atoms with van der Waals surface area (Å²) in [5, 5.41) is 11.9. The van der Waals surface area contributed by atoms with Gasteiger partial charge in [-0.15, -0.1) is 0 Å². The van der Waals surface area contributed by atoms with Gasteiger partial charge in [-0.2, -0.15) is 5.26 Å². The Kier molecular flexibility index (Phi) is 7.42. The number of carbonyl (C=O) groups is 2. The number of nitrogens with zero attached hydrogens (tertiary/aromatic N) is 2. The highest BCUT2D eigenvalue weighted by Crippen LogP contribution is 2.31. The van der Waals surface area contributed by atoms with Gasteiger partial charge in [0.1, 0.15) is 12.2 Å². The molecule has 0 spiro atoms. The molecule has 2 amide bonds. The maximum atomic E-state index is 13.3. The van der Waals surface area contributed by atoms with Crippen LogP contribution in [-0.2, 0) is 22.6 Å². The zero-order valence-electron chi connectivity index (χ0n) is 19.8. The Morgan fingerprint density at radius 1 is 1.06 bits per heavy atom. The third-order valence-corrected chi connectivity index (χ3v) is 6.01. The van der Waals surface area contributed by atoms with Gasteiger partial charge in [0, 0.05) is 5.56 Å². The third kappa shape index (κ3) is 5.11. The summed E-state index contributed by atoms with van der Waals surface area (Å²) in [6, 6.07) is 21.9. The number of carbonyl (C=O) groups excluding carboxylic acids is 2. The van der Waals surface area contributed by atoms with Crippen LogP contribution in [0.2, 0.25) is 0 Å². The first-order valence-electron chi connectivity index (χ1n) is 11.2. The molecule has 180 valence electrons. The van der Waals surface area contributed by atoms with Crippen LogP contribution in [0, 0.1) is 11.3 Å². The van der Waals surface area contributed by atoms with Crippen LogP contribution in [0.5, 0.6) is 11.5 Å². The predicted molar refractivity (Wildman–Crippen MR) is 141 cm³/mol. The van der Waals surface area contributed by atoms with Crippen LogP contribution in [0.1, 0.15) is 29.2 Å². The third-order valence-electron chi connectivity index (χ3n) is 5.72. The van der Waals surface area contributed by atoms with Gasteiger partial charge in [0.05, 0.1) is 24.4 Å². The molecule has 8 heteroatoms. The maximum absolute atomic E-state index is 13.3. The molecule has 4 rings (SSSR count). The largest absolute Gasteiger partial charge is 0.493 e. The van der Waals surface area contributed by atoms with E-state index in [-0.39, 0.29) is 17.3 Å². The molecule has 7 nitrogen and oxygen atoms in total. The molecule has 0 saturated carbocycles. The molecule has 3 aromatic carbocycles. The Balaban J connectivity index is 1.59. The van der Waals surface area contributed by atoms with Crippen LogP contribution < -0.4 is 19.7 Å². The molecule has 0 aliphatic carbocycles. The number of thiocarbonyl (C=S) groups is 1. The van der Waals surface area contributed by atoms with Crippen molar-refractivity contribution in [3.05, 3.63) is 94.6 Å². The number of rotatable bonds is 7. The highest BCUT2D eigenvalue weighted by Gasteiger charge is 2.34. The van der Waals surface area contributed by atoms with E-state index in [1.165, 1.54) is 18.1 Å². The lowest BCUT2D eigenvalue weighted by Gasteiger charge is -2.29. The number of nitriles is 1. The fraction of sp³-hybridized carbons (Fsp3) is 0.143. The summed E-state index contributed by atoms with van der Waals surface area (Å²) in [5.74, 6) is -0.199. The average molecular weight is 498 g/mol. The van der Waals surface area contributed by atoms with Gasteiger partial charge in [-0.3, -0.25) is 19.8 Å². The lowest BCUT2D eigenvalue weighted by molar-refractivity contribution is -0.122. The molecule has 0 radical (unpaired) electrons. The zero-order valence-corrected chi connectivity index (χ0v) is 20.6. The van der Waals surface area contributed by atoms with Gasteiger partial charge in [0.25, 0.3) is 11.8 Å². The molecule has 1 saturated heterocycles. The standard InChI is InChI=1S/C28H23N3O4S/c1-3-18-8-11-22(12-9-18)31-27(33)23(26(32)30-28(31)36)14-19-10-13-24(25(15-19)34-2)35-17-21-7-5-4-6-20(21)16-29/h4-15H,3,17H2,1-2H3,(H,30,32,36)/b23-14+. The van der Waals surface area contributed by atoms with Crippen molar-refractivity contribution in [3.63, 3.8) is 0 Å². The van der Waals surface area contributed by atoms with Crippen LogP contribution in [0.25, 0.3) is 6.08 Å². The molecule has 1 aliphatic rings. The van der Waals surface area contributed by atoms with Crippen LogP contribution in [0.15, 0.2) is 72.3 Å². The van der Waals surface area contributed by atoms with Gasteiger partial charge in [-0.25, -0.2) is 0 Å². The normalized spacial score (nSPS) is 14.4. The van der Waals surface area contributed by atoms with Gasteiger partial charge in [0.2, 0.25) is 0 Å². The number of hydrogen-bond donors (Lipinski definition) is 1. The molecule has 1 fully saturated rings. The van der Waals surface area contributed by atoms with E-state index in [4.69, 9.17) is 21.7 Å². The number of methoxy groups -OCH3 is 1. The maximum Gasteiger partial charge on any atom is 0.270 e. The molecule has 0 unspecified atom stereocenters. The number of anilines is 1. The van der Waals surface area contributed by atoms with E-state index in [2.05, 4.69) is 11.4 Å². The van der Waals surface area contributed by atoms with Crippen LogP contribution in [0.4, 0.5) is 5.69 Å². The van der Waals surface area contributed by atoms with E-state index >= 15 is 0 Å². The van der Waals surface area contributed by atoms with Crippen molar-refractivity contribution in [1.82, 2.24) is 5.32 Å². The lowest BCUT2D eigenvalue weighted by Crippen LogP contribution is -2.54. The van der Waals surface area contributed by atoms with Crippen molar-refractivity contribution in [2.75, 3.05) is 12.0 Å². The highest BCUT2D eigenvalue weighted by molar-refractivity contribution is 7.80. The Morgan fingerprint density at radius 3 is 2.50 bits per heavy atom. The van der Waals surface area contributed by atoms with Gasteiger partial charge in [0.15, 0.2) is 16.6 Å². The SMILES string of the molecule is CCc1ccc(N2C(=O)/C(=C/c3ccc(OCc4ccccc4C#N)c(OC)c3)C(=O)NC2=S)cc1. The summed E-state index contributed by atoms with van der Waals surface area (Å²) in [6.07, 6.45) is 2.36. The monoisotopic (exact) mass is 497 g/mol.